The van der Waals surface area contributed by atoms with Crippen molar-refractivity contribution in [2.45, 2.75) is 32.2 Å². The van der Waals surface area contributed by atoms with Crippen LogP contribution in [0, 0.1) is 6.57 Å². The maximum Gasteiger partial charge on any atom is 0.406 e. The predicted octanol–water partition coefficient (Wildman–Crippen LogP) is 3.43. The van der Waals surface area contributed by atoms with Gasteiger partial charge in [-0.2, -0.15) is 13.2 Å². The number of fused-ring (bicyclic) bond motifs is 2. The summed E-state index contributed by atoms with van der Waals surface area (Å²) in [6.07, 6.45) is -4.17. The highest BCUT2D eigenvalue weighted by Crippen LogP contribution is 2.20. The van der Waals surface area contributed by atoms with Crippen molar-refractivity contribution in [3.8, 4) is 0 Å². The predicted molar refractivity (Wildman–Crippen MR) is 113 cm³/mol. The Bertz CT molecular complexity index is 1460. The van der Waals surface area contributed by atoms with Gasteiger partial charge in [0.2, 0.25) is 6.54 Å². The first-order valence-electron chi connectivity index (χ1n) is 9.86. The molecule has 10 heteroatoms. The molecule has 2 heterocycles. The van der Waals surface area contributed by atoms with E-state index in [-0.39, 0.29) is 22.0 Å². The van der Waals surface area contributed by atoms with Gasteiger partial charge in [0.1, 0.15) is 12.4 Å². The maximum atomic E-state index is 13.1. The van der Waals surface area contributed by atoms with Crippen LogP contribution in [-0.2, 0) is 19.6 Å². The van der Waals surface area contributed by atoms with Crippen molar-refractivity contribution >= 4 is 21.9 Å². The van der Waals surface area contributed by atoms with Crippen LogP contribution in [0.2, 0.25) is 0 Å². The van der Waals surface area contributed by atoms with Crippen LogP contribution in [0.15, 0.2) is 58.1 Å². The fraction of sp³-hybridized carbons (Fsp3) is 0.273. The smallest absolute Gasteiger partial charge is 0.326 e. The monoisotopic (exact) mass is 441 g/mol. The van der Waals surface area contributed by atoms with E-state index in [0.717, 1.165) is 10.1 Å². The largest absolute Gasteiger partial charge is 0.406 e. The number of nitrogens with zero attached hydrogens (tertiary/aromatic N) is 5. The highest BCUT2D eigenvalue weighted by atomic mass is 19.4. The average molecular weight is 441 g/mol. The van der Waals surface area contributed by atoms with E-state index in [1.165, 1.54) is 18.2 Å². The number of rotatable bonds is 6. The Kier molecular flexibility index (Phi) is 5.57. The van der Waals surface area contributed by atoms with Gasteiger partial charge in [0.15, 0.2) is 0 Å². The Morgan fingerprint density at radius 2 is 1.62 bits per heavy atom. The highest BCUT2D eigenvalue weighted by Gasteiger charge is 2.31. The molecule has 0 aliphatic heterocycles. The van der Waals surface area contributed by atoms with Gasteiger partial charge in [0.25, 0.3) is 5.56 Å². The van der Waals surface area contributed by atoms with Crippen LogP contribution < -0.4 is 11.2 Å². The Labute approximate surface area is 179 Å². The third kappa shape index (κ3) is 4.01. The zero-order chi connectivity index (χ0) is 22.9. The number of hydrogen-bond acceptors (Lipinski definition) is 3. The number of aromatic nitrogens is 4. The number of halogens is 3. The number of alkyl halides is 3. The van der Waals surface area contributed by atoms with Crippen LogP contribution in [-0.4, -0.2) is 31.4 Å². The fourth-order valence-electron chi connectivity index (χ4n) is 3.79. The summed E-state index contributed by atoms with van der Waals surface area (Å²) >= 11 is 0. The van der Waals surface area contributed by atoms with Gasteiger partial charge in [0.05, 0.1) is 28.5 Å². The molecule has 4 aromatic rings. The topological polar surface area (TPSA) is 66.2 Å². The minimum absolute atomic E-state index is 0.0204. The van der Waals surface area contributed by atoms with Crippen molar-refractivity contribution in [1.29, 1.82) is 0 Å². The van der Waals surface area contributed by atoms with Crippen molar-refractivity contribution in [2.24, 2.45) is 0 Å². The Hall–Kier alpha value is -3.87. The molecular formula is C22H18F3N5O2. The minimum atomic E-state index is -4.73. The Morgan fingerprint density at radius 1 is 0.938 bits per heavy atom. The Balaban J connectivity index is 1.91. The van der Waals surface area contributed by atoms with Gasteiger partial charge in [0, 0.05) is 13.0 Å². The van der Waals surface area contributed by atoms with Crippen LogP contribution in [0.4, 0.5) is 13.2 Å². The first kappa shape index (κ1) is 21.4. The van der Waals surface area contributed by atoms with Crippen molar-refractivity contribution in [1.82, 2.24) is 18.7 Å². The second-order valence-electron chi connectivity index (χ2n) is 7.30. The van der Waals surface area contributed by atoms with Crippen molar-refractivity contribution < 1.29 is 13.2 Å². The molecule has 2 aromatic carbocycles. The summed E-state index contributed by atoms with van der Waals surface area (Å²) in [5.41, 5.74) is -0.323. The summed E-state index contributed by atoms with van der Waals surface area (Å²) in [4.78, 5) is 33.6. The molecule has 0 bridgehead atoms. The first-order valence-corrected chi connectivity index (χ1v) is 9.86. The summed E-state index contributed by atoms with van der Waals surface area (Å²) in [7, 11) is 0. The van der Waals surface area contributed by atoms with E-state index >= 15 is 0 Å². The van der Waals surface area contributed by atoms with Crippen LogP contribution >= 0.6 is 0 Å². The molecule has 0 unspecified atom stereocenters. The van der Waals surface area contributed by atoms with Gasteiger partial charge in [-0.25, -0.2) is 16.4 Å². The van der Waals surface area contributed by atoms with E-state index in [0.29, 0.717) is 30.9 Å². The number of hydrogen-bond donors (Lipinski definition) is 0. The normalized spacial score (nSPS) is 11.8. The van der Waals surface area contributed by atoms with Gasteiger partial charge < -0.3 is 9.41 Å². The van der Waals surface area contributed by atoms with Gasteiger partial charge in [-0.3, -0.25) is 13.9 Å². The third-order valence-corrected chi connectivity index (χ3v) is 5.15. The minimum Gasteiger partial charge on any atom is -0.326 e. The summed E-state index contributed by atoms with van der Waals surface area (Å²) in [5.74, 6) is 0.459. The first-order chi connectivity index (χ1) is 15.3. The average Bonchev–Trinajstić information content (AvgIpc) is 3.11. The molecule has 0 spiro atoms. The molecule has 0 fully saturated rings. The molecule has 0 aliphatic carbocycles. The maximum absolute atomic E-state index is 13.1. The lowest BCUT2D eigenvalue weighted by molar-refractivity contribution is -0.141. The lowest BCUT2D eigenvalue weighted by atomic mass is 10.2. The fourth-order valence-corrected chi connectivity index (χ4v) is 3.79. The Morgan fingerprint density at radius 3 is 2.34 bits per heavy atom. The highest BCUT2D eigenvalue weighted by molar-refractivity contribution is 5.78. The zero-order valence-electron chi connectivity index (χ0n) is 16.8. The van der Waals surface area contributed by atoms with E-state index in [9.17, 15) is 22.8 Å². The molecule has 0 atom stereocenters. The summed E-state index contributed by atoms with van der Waals surface area (Å²) in [6, 6.07) is 13.4. The van der Waals surface area contributed by atoms with Crippen LogP contribution in [0.5, 0.6) is 0 Å². The third-order valence-electron chi connectivity index (χ3n) is 5.15. The molecule has 32 heavy (non-hydrogen) atoms. The molecule has 2 aromatic heterocycles. The second kappa shape index (κ2) is 8.34. The summed E-state index contributed by atoms with van der Waals surface area (Å²) < 4.78 is 42.5. The van der Waals surface area contributed by atoms with Crippen molar-refractivity contribution in [3.05, 3.63) is 86.6 Å². The van der Waals surface area contributed by atoms with Gasteiger partial charge >= 0.3 is 11.9 Å². The summed E-state index contributed by atoms with van der Waals surface area (Å²) in [6.45, 7) is 5.98. The van der Waals surface area contributed by atoms with Gasteiger partial charge in [-0.05, 0) is 24.3 Å². The molecule has 0 saturated carbocycles. The molecule has 0 radical (unpaired) electrons. The van der Waals surface area contributed by atoms with Gasteiger partial charge in [-0.1, -0.05) is 24.3 Å². The van der Waals surface area contributed by atoms with E-state index in [2.05, 4.69) is 9.83 Å². The summed E-state index contributed by atoms with van der Waals surface area (Å²) in [5, 5.41) is 0.0204. The molecule has 0 N–H and O–H groups in total. The van der Waals surface area contributed by atoms with E-state index in [4.69, 9.17) is 6.57 Å². The second-order valence-corrected chi connectivity index (χ2v) is 7.30. The molecule has 7 nitrogen and oxygen atoms in total. The number of benzene rings is 2. The standard InChI is InChI=1S/C22H18F3N5O2/c1-26-11-6-12-28-18-10-5-3-8-16(18)27-19(28)13-29-17-9-4-2-7-15(17)20(31)30(21(29)32)14-22(23,24)25/h2-5,7-10H,6,11-14H2. The lowest BCUT2D eigenvalue weighted by Crippen LogP contribution is -2.43. The van der Waals surface area contributed by atoms with Crippen molar-refractivity contribution in [3.63, 3.8) is 0 Å². The molecule has 0 saturated heterocycles. The number of imidazole rings is 1. The lowest BCUT2D eigenvalue weighted by Gasteiger charge is -2.16. The molecule has 4 rings (SSSR count). The molecule has 0 amide bonds. The van der Waals surface area contributed by atoms with Crippen molar-refractivity contribution in [2.75, 3.05) is 6.54 Å². The molecule has 164 valence electrons. The van der Waals surface area contributed by atoms with Gasteiger partial charge in [-0.15, -0.1) is 0 Å². The van der Waals surface area contributed by atoms with E-state index in [1.54, 1.807) is 12.1 Å². The van der Waals surface area contributed by atoms with E-state index < -0.39 is 24.0 Å². The number of aryl methyl sites for hydroxylation is 1. The zero-order valence-corrected chi connectivity index (χ0v) is 16.8. The molecule has 0 aliphatic rings. The van der Waals surface area contributed by atoms with E-state index in [1.807, 2.05) is 22.8 Å². The van der Waals surface area contributed by atoms with Crippen LogP contribution in [0.1, 0.15) is 12.2 Å². The number of para-hydroxylation sites is 3. The molecular weight excluding hydrogens is 423 g/mol. The van der Waals surface area contributed by atoms with Crippen LogP contribution in [0.3, 0.4) is 0 Å². The SMILES string of the molecule is [C-]#[N+]CCCn1c(Cn2c(=O)n(CC(F)(F)F)c(=O)c3ccccc32)nc2ccccc21. The quantitative estimate of drug-likeness (QED) is 0.340. The van der Waals surface area contributed by atoms with Crippen LogP contribution in [0.25, 0.3) is 26.8 Å².